The molecule has 2 fully saturated rings. The van der Waals surface area contributed by atoms with Gasteiger partial charge in [-0.1, -0.05) is 65.2 Å². The van der Waals surface area contributed by atoms with Crippen LogP contribution in [0, 0.1) is 17.8 Å². The molecular formula is C25H46O3. The van der Waals surface area contributed by atoms with Crippen LogP contribution in [0.2, 0.25) is 0 Å². The highest BCUT2D eigenvalue weighted by molar-refractivity contribution is 5.60. The van der Waals surface area contributed by atoms with Crippen molar-refractivity contribution in [2.75, 3.05) is 0 Å². The lowest BCUT2D eigenvalue weighted by Crippen LogP contribution is -2.30. The summed E-state index contributed by atoms with van der Waals surface area (Å²) in [6, 6.07) is 0. The van der Waals surface area contributed by atoms with Crippen molar-refractivity contribution >= 4 is 6.16 Å². The van der Waals surface area contributed by atoms with Crippen LogP contribution in [0.25, 0.3) is 0 Å². The molecule has 0 bridgehead atoms. The zero-order valence-electron chi connectivity index (χ0n) is 18.9. The molecular weight excluding hydrogens is 348 g/mol. The van der Waals surface area contributed by atoms with E-state index in [1.165, 1.54) is 77.0 Å². The van der Waals surface area contributed by atoms with Gasteiger partial charge in [-0.25, -0.2) is 4.79 Å². The third-order valence-corrected chi connectivity index (χ3v) is 7.27. The van der Waals surface area contributed by atoms with Crippen LogP contribution in [-0.2, 0) is 9.47 Å². The summed E-state index contributed by atoms with van der Waals surface area (Å²) in [7, 11) is 0. The predicted octanol–water partition coefficient (Wildman–Crippen LogP) is 8.05. The minimum Gasteiger partial charge on any atom is -0.431 e. The fourth-order valence-electron chi connectivity index (χ4n) is 5.36. The van der Waals surface area contributed by atoms with Crippen LogP contribution in [0.1, 0.15) is 124 Å². The molecule has 0 unspecified atom stereocenters. The topological polar surface area (TPSA) is 35.5 Å². The van der Waals surface area contributed by atoms with Gasteiger partial charge in [0.25, 0.3) is 0 Å². The molecule has 3 nitrogen and oxygen atoms in total. The Bertz CT molecular complexity index is 406. The van der Waals surface area contributed by atoms with E-state index in [0.29, 0.717) is 0 Å². The van der Waals surface area contributed by atoms with E-state index >= 15 is 0 Å². The first-order valence-corrected chi connectivity index (χ1v) is 12.5. The largest absolute Gasteiger partial charge is 0.508 e. The molecule has 0 aromatic rings. The smallest absolute Gasteiger partial charge is 0.431 e. The number of carbonyl (C=O) groups excluding carboxylic acids is 1. The zero-order valence-corrected chi connectivity index (χ0v) is 18.9. The molecule has 0 aromatic carbocycles. The second-order valence-electron chi connectivity index (χ2n) is 9.61. The number of hydrogen-bond acceptors (Lipinski definition) is 3. The first-order valence-electron chi connectivity index (χ1n) is 12.5. The fraction of sp³-hybridized carbons (Fsp3) is 0.960. The second kappa shape index (κ2) is 13.5. The molecule has 0 heterocycles. The molecule has 3 heteroatoms. The first kappa shape index (κ1) is 23.5. The molecule has 28 heavy (non-hydrogen) atoms. The summed E-state index contributed by atoms with van der Waals surface area (Å²) < 4.78 is 11.1. The van der Waals surface area contributed by atoms with Gasteiger partial charge in [0.05, 0.1) is 0 Å². The molecule has 2 aliphatic carbocycles. The lowest BCUT2D eigenvalue weighted by Gasteiger charge is -2.37. The van der Waals surface area contributed by atoms with E-state index in [-0.39, 0.29) is 12.2 Å². The van der Waals surface area contributed by atoms with Crippen LogP contribution < -0.4 is 0 Å². The van der Waals surface area contributed by atoms with Gasteiger partial charge in [0.2, 0.25) is 0 Å². The van der Waals surface area contributed by atoms with E-state index in [1.807, 2.05) is 6.92 Å². The van der Waals surface area contributed by atoms with Crippen LogP contribution in [0.5, 0.6) is 0 Å². The minimum absolute atomic E-state index is 0.0245. The maximum Gasteiger partial charge on any atom is 0.508 e. The van der Waals surface area contributed by atoms with E-state index in [9.17, 15) is 4.79 Å². The van der Waals surface area contributed by atoms with Crippen molar-refractivity contribution < 1.29 is 14.3 Å². The molecule has 0 radical (unpaired) electrons. The number of ether oxygens (including phenoxy) is 2. The Hall–Kier alpha value is -0.730. The lowest BCUT2D eigenvalue weighted by molar-refractivity contribution is -0.0174. The van der Waals surface area contributed by atoms with Crippen molar-refractivity contribution in [1.29, 1.82) is 0 Å². The van der Waals surface area contributed by atoms with Crippen LogP contribution in [0.3, 0.4) is 0 Å². The summed E-state index contributed by atoms with van der Waals surface area (Å²) in [5.41, 5.74) is 0. The third kappa shape index (κ3) is 8.74. The van der Waals surface area contributed by atoms with Crippen molar-refractivity contribution in [3.8, 4) is 0 Å². The fourth-order valence-corrected chi connectivity index (χ4v) is 5.36. The molecule has 2 rings (SSSR count). The molecule has 0 spiro atoms. The second-order valence-corrected chi connectivity index (χ2v) is 9.61. The maximum atomic E-state index is 12.1. The standard InChI is InChI=1S/C25H46O3/c1-4-6-8-9-10-20(3)27-25(26)28-24-18-16-23(17-19-24)22-14-12-21(13-15-22)11-7-5-2/h20-24H,4-19H2,1-3H3/t20-,21-,22-,23-,24-/m0/s1. The lowest BCUT2D eigenvalue weighted by atomic mass is 9.70. The van der Waals surface area contributed by atoms with Crippen LogP contribution in [-0.4, -0.2) is 18.4 Å². The first-order chi connectivity index (χ1) is 13.6. The molecule has 0 aromatic heterocycles. The molecule has 164 valence electrons. The highest BCUT2D eigenvalue weighted by Crippen LogP contribution is 2.41. The summed E-state index contributed by atoms with van der Waals surface area (Å²) in [6.45, 7) is 6.50. The zero-order chi connectivity index (χ0) is 20.2. The Balaban J connectivity index is 1.57. The van der Waals surface area contributed by atoms with Gasteiger partial charge >= 0.3 is 6.16 Å². The van der Waals surface area contributed by atoms with E-state index in [2.05, 4.69) is 13.8 Å². The molecule has 2 saturated carbocycles. The van der Waals surface area contributed by atoms with Crippen molar-refractivity contribution in [3.05, 3.63) is 0 Å². The summed E-state index contributed by atoms with van der Waals surface area (Å²) in [4.78, 5) is 12.1. The van der Waals surface area contributed by atoms with Crippen molar-refractivity contribution in [1.82, 2.24) is 0 Å². The molecule has 0 saturated heterocycles. The average molecular weight is 395 g/mol. The number of hydrogen-bond donors (Lipinski definition) is 0. The summed E-state index contributed by atoms with van der Waals surface area (Å²) in [6.07, 6.45) is 19.9. The van der Waals surface area contributed by atoms with E-state index in [1.54, 1.807) is 0 Å². The minimum atomic E-state index is -0.442. The predicted molar refractivity (Wildman–Crippen MR) is 117 cm³/mol. The quantitative estimate of drug-likeness (QED) is 0.262. The highest BCUT2D eigenvalue weighted by Gasteiger charge is 2.32. The van der Waals surface area contributed by atoms with Crippen molar-refractivity contribution in [2.24, 2.45) is 17.8 Å². The Morgan fingerprint density at radius 3 is 2.04 bits per heavy atom. The number of rotatable bonds is 11. The molecule has 0 N–H and O–H groups in total. The van der Waals surface area contributed by atoms with Gasteiger partial charge in [-0.05, 0) is 76.0 Å². The Kier molecular flexibility index (Phi) is 11.3. The average Bonchev–Trinajstić information content (AvgIpc) is 2.70. The van der Waals surface area contributed by atoms with Gasteiger partial charge in [0.15, 0.2) is 0 Å². The van der Waals surface area contributed by atoms with Gasteiger partial charge in [0, 0.05) is 0 Å². The summed E-state index contributed by atoms with van der Waals surface area (Å²) >= 11 is 0. The SMILES string of the molecule is CCCCCC[C@H](C)OC(=O)O[C@H]1CC[C@H]([C@H]2CC[C@H](CCCC)CC2)CC1. The monoisotopic (exact) mass is 394 g/mol. The summed E-state index contributed by atoms with van der Waals surface area (Å²) in [5.74, 6) is 2.78. The van der Waals surface area contributed by atoms with E-state index in [0.717, 1.165) is 43.4 Å². The Morgan fingerprint density at radius 2 is 1.43 bits per heavy atom. The van der Waals surface area contributed by atoms with Crippen LogP contribution in [0.15, 0.2) is 0 Å². The normalized spacial score (nSPS) is 29.2. The van der Waals surface area contributed by atoms with Crippen LogP contribution in [0.4, 0.5) is 4.79 Å². The van der Waals surface area contributed by atoms with Gasteiger partial charge in [-0.2, -0.15) is 0 Å². The molecule has 2 aliphatic rings. The van der Waals surface area contributed by atoms with E-state index < -0.39 is 6.16 Å². The number of carbonyl (C=O) groups is 1. The summed E-state index contributed by atoms with van der Waals surface area (Å²) in [5, 5.41) is 0. The van der Waals surface area contributed by atoms with Gasteiger partial charge in [-0.15, -0.1) is 0 Å². The highest BCUT2D eigenvalue weighted by atomic mass is 16.7. The molecule has 0 amide bonds. The van der Waals surface area contributed by atoms with Gasteiger partial charge < -0.3 is 9.47 Å². The van der Waals surface area contributed by atoms with E-state index in [4.69, 9.17) is 9.47 Å². The van der Waals surface area contributed by atoms with Crippen molar-refractivity contribution in [2.45, 2.75) is 136 Å². The maximum absolute atomic E-state index is 12.1. The molecule has 1 atom stereocenters. The van der Waals surface area contributed by atoms with Gasteiger partial charge in [0.1, 0.15) is 12.2 Å². The van der Waals surface area contributed by atoms with Gasteiger partial charge in [-0.3, -0.25) is 0 Å². The van der Waals surface area contributed by atoms with Crippen molar-refractivity contribution in [3.63, 3.8) is 0 Å². The Labute approximate surface area is 174 Å². The Morgan fingerprint density at radius 1 is 0.821 bits per heavy atom. The number of unbranched alkanes of at least 4 members (excludes halogenated alkanes) is 4. The molecule has 0 aliphatic heterocycles. The third-order valence-electron chi connectivity index (χ3n) is 7.27. The van der Waals surface area contributed by atoms with Crippen LogP contribution >= 0.6 is 0 Å².